The highest BCUT2D eigenvalue weighted by Gasteiger charge is 2.26. The molecule has 1 amide bonds. The quantitative estimate of drug-likeness (QED) is 0.258. The van der Waals surface area contributed by atoms with E-state index in [-0.39, 0.29) is 12.0 Å². The number of carbonyl (C=O) groups excluding carboxylic acids is 1. The van der Waals surface area contributed by atoms with Crippen molar-refractivity contribution in [3.05, 3.63) is 47.0 Å². The summed E-state index contributed by atoms with van der Waals surface area (Å²) in [5.41, 5.74) is 1.95. The number of thiazole rings is 1. The zero-order valence-electron chi connectivity index (χ0n) is 18.3. The number of hydrogen-bond donors (Lipinski definition) is 0. The van der Waals surface area contributed by atoms with Crippen molar-refractivity contribution in [3.8, 4) is 5.75 Å². The molecular weight excluding hydrogens is 464 g/mol. The predicted octanol–water partition coefficient (Wildman–Crippen LogP) is 6.35. The molecule has 0 bridgehead atoms. The predicted molar refractivity (Wildman–Crippen MR) is 134 cm³/mol. The highest BCUT2D eigenvalue weighted by Crippen LogP contribution is 2.37. The number of rotatable bonds is 9. The Bertz CT molecular complexity index is 1070. The fourth-order valence-corrected chi connectivity index (χ4v) is 5.79. The van der Waals surface area contributed by atoms with Crippen LogP contribution in [-0.2, 0) is 9.53 Å². The molecule has 0 saturated carbocycles. The molecule has 8 heteroatoms. The Kier molecular flexibility index (Phi) is 7.94. The summed E-state index contributed by atoms with van der Waals surface area (Å²) in [4.78, 5) is 21.1. The van der Waals surface area contributed by atoms with Crippen LogP contribution in [0.15, 0.2) is 41.3 Å². The lowest BCUT2D eigenvalue weighted by Crippen LogP contribution is -2.37. The van der Waals surface area contributed by atoms with Gasteiger partial charge >= 0.3 is 0 Å². The van der Waals surface area contributed by atoms with Crippen LogP contribution in [0.1, 0.15) is 31.2 Å². The Hall–Kier alpha value is -1.80. The van der Waals surface area contributed by atoms with E-state index in [2.05, 4.69) is 6.92 Å². The molecule has 2 heterocycles. The van der Waals surface area contributed by atoms with Gasteiger partial charge in [-0.05, 0) is 67.8 Å². The van der Waals surface area contributed by atoms with Gasteiger partial charge in [0.05, 0.1) is 24.5 Å². The second-order valence-electron chi connectivity index (χ2n) is 7.80. The van der Waals surface area contributed by atoms with Crippen LogP contribution in [0.25, 0.3) is 10.2 Å². The van der Waals surface area contributed by atoms with Crippen LogP contribution in [0.4, 0.5) is 5.13 Å². The van der Waals surface area contributed by atoms with Gasteiger partial charge in [0.15, 0.2) is 5.13 Å². The Balaban J connectivity index is 1.47. The highest BCUT2D eigenvalue weighted by atomic mass is 35.5. The smallest absolute Gasteiger partial charge is 0.228 e. The van der Waals surface area contributed by atoms with E-state index in [0.29, 0.717) is 13.0 Å². The number of halogens is 1. The van der Waals surface area contributed by atoms with Gasteiger partial charge in [-0.25, -0.2) is 4.98 Å². The van der Waals surface area contributed by atoms with Gasteiger partial charge in [-0.15, -0.1) is 11.8 Å². The van der Waals surface area contributed by atoms with Crippen molar-refractivity contribution < 1.29 is 14.3 Å². The molecule has 0 radical (unpaired) electrons. The van der Waals surface area contributed by atoms with E-state index in [1.54, 1.807) is 30.2 Å². The Morgan fingerprint density at radius 3 is 2.84 bits per heavy atom. The van der Waals surface area contributed by atoms with Crippen LogP contribution in [0.2, 0.25) is 5.02 Å². The summed E-state index contributed by atoms with van der Waals surface area (Å²) in [6.45, 7) is 3.37. The maximum Gasteiger partial charge on any atom is 0.228 e. The van der Waals surface area contributed by atoms with E-state index in [1.807, 2.05) is 41.3 Å². The number of fused-ring (bicyclic) bond motifs is 1. The minimum absolute atomic E-state index is 0.0670. The number of carbonyl (C=O) groups is 1. The summed E-state index contributed by atoms with van der Waals surface area (Å²) in [7, 11) is 1.65. The van der Waals surface area contributed by atoms with Gasteiger partial charge in [0.2, 0.25) is 5.91 Å². The number of aryl methyl sites for hydroxylation is 1. The van der Waals surface area contributed by atoms with E-state index >= 15 is 0 Å². The molecule has 1 atom stereocenters. The number of aromatic nitrogens is 1. The third kappa shape index (κ3) is 5.57. The van der Waals surface area contributed by atoms with Crippen molar-refractivity contribution in [1.82, 2.24) is 4.98 Å². The molecule has 3 aromatic rings. The molecule has 0 N–H and O–H groups in total. The minimum Gasteiger partial charge on any atom is -0.494 e. The summed E-state index contributed by atoms with van der Waals surface area (Å²) < 4.78 is 12.4. The van der Waals surface area contributed by atoms with Crippen LogP contribution >= 0.6 is 34.7 Å². The molecule has 32 heavy (non-hydrogen) atoms. The van der Waals surface area contributed by atoms with Crippen LogP contribution in [0.5, 0.6) is 5.75 Å². The Labute approximate surface area is 202 Å². The Morgan fingerprint density at radius 2 is 2.12 bits per heavy atom. The van der Waals surface area contributed by atoms with Crippen molar-refractivity contribution in [3.63, 3.8) is 0 Å². The lowest BCUT2D eigenvalue weighted by molar-refractivity contribution is -0.119. The molecule has 1 aliphatic rings. The van der Waals surface area contributed by atoms with Crippen LogP contribution in [0.3, 0.4) is 0 Å². The molecule has 170 valence electrons. The SMILES string of the molecule is COc1ccc(C)c2sc(N(CC3CCCO3)C(=O)CCCSc3ccc(Cl)cc3)nc12. The number of hydrogen-bond acceptors (Lipinski definition) is 6. The van der Waals surface area contributed by atoms with Crippen molar-refractivity contribution in [2.24, 2.45) is 0 Å². The van der Waals surface area contributed by atoms with Crippen molar-refractivity contribution in [2.75, 3.05) is 30.9 Å². The highest BCUT2D eigenvalue weighted by molar-refractivity contribution is 7.99. The maximum atomic E-state index is 13.3. The van der Waals surface area contributed by atoms with Crippen molar-refractivity contribution in [2.45, 2.75) is 43.6 Å². The summed E-state index contributed by atoms with van der Waals surface area (Å²) >= 11 is 9.24. The van der Waals surface area contributed by atoms with Gasteiger partial charge in [0.25, 0.3) is 0 Å². The maximum absolute atomic E-state index is 13.3. The molecule has 2 aromatic carbocycles. The summed E-state index contributed by atoms with van der Waals surface area (Å²) in [6.07, 6.45) is 3.35. The average Bonchev–Trinajstić information content (AvgIpc) is 3.47. The van der Waals surface area contributed by atoms with E-state index in [0.717, 1.165) is 68.2 Å². The Morgan fingerprint density at radius 1 is 1.31 bits per heavy atom. The van der Waals surface area contributed by atoms with Gasteiger partial charge < -0.3 is 9.47 Å². The number of thioether (sulfide) groups is 1. The van der Waals surface area contributed by atoms with Gasteiger partial charge in [-0.3, -0.25) is 9.69 Å². The van der Waals surface area contributed by atoms with Crippen molar-refractivity contribution >= 4 is 56.0 Å². The van der Waals surface area contributed by atoms with E-state index in [4.69, 9.17) is 26.1 Å². The number of methoxy groups -OCH3 is 1. The summed E-state index contributed by atoms with van der Waals surface area (Å²) in [5.74, 6) is 1.69. The minimum atomic E-state index is 0.0670. The second kappa shape index (κ2) is 10.9. The topological polar surface area (TPSA) is 51.7 Å². The summed E-state index contributed by atoms with van der Waals surface area (Å²) in [6, 6.07) is 11.8. The third-order valence-corrected chi connectivity index (χ3v) is 8.04. The van der Waals surface area contributed by atoms with Crippen molar-refractivity contribution in [1.29, 1.82) is 0 Å². The average molecular weight is 491 g/mol. The van der Waals surface area contributed by atoms with Crippen LogP contribution < -0.4 is 9.64 Å². The number of nitrogens with zero attached hydrogens (tertiary/aromatic N) is 2. The monoisotopic (exact) mass is 490 g/mol. The molecule has 1 saturated heterocycles. The molecule has 0 aliphatic carbocycles. The molecule has 4 rings (SSSR count). The fraction of sp³-hybridized carbons (Fsp3) is 0.417. The number of amides is 1. The summed E-state index contributed by atoms with van der Waals surface area (Å²) in [5, 5.41) is 1.45. The first kappa shape index (κ1) is 23.4. The third-order valence-electron chi connectivity index (χ3n) is 5.47. The molecule has 0 spiro atoms. The second-order valence-corrected chi connectivity index (χ2v) is 10.4. The van der Waals surface area contributed by atoms with Gasteiger partial charge in [-0.1, -0.05) is 29.0 Å². The number of ether oxygens (including phenoxy) is 2. The largest absolute Gasteiger partial charge is 0.494 e. The molecule has 1 aliphatic heterocycles. The number of anilines is 1. The number of benzene rings is 2. The lowest BCUT2D eigenvalue weighted by Gasteiger charge is -2.23. The van der Waals surface area contributed by atoms with E-state index in [9.17, 15) is 4.79 Å². The zero-order chi connectivity index (χ0) is 22.5. The molecule has 1 aromatic heterocycles. The molecule has 1 fully saturated rings. The van der Waals surface area contributed by atoms with Crippen LogP contribution in [0, 0.1) is 6.92 Å². The zero-order valence-corrected chi connectivity index (χ0v) is 20.7. The lowest BCUT2D eigenvalue weighted by atomic mass is 10.2. The van der Waals surface area contributed by atoms with Gasteiger partial charge in [-0.2, -0.15) is 0 Å². The van der Waals surface area contributed by atoms with Gasteiger partial charge in [0.1, 0.15) is 11.3 Å². The normalized spacial score (nSPS) is 15.9. The van der Waals surface area contributed by atoms with Crippen LogP contribution in [-0.4, -0.2) is 43.0 Å². The molecule has 1 unspecified atom stereocenters. The first-order valence-electron chi connectivity index (χ1n) is 10.8. The first-order valence-corrected chi connectivity index (χ1v) is 13.0. The van der Waals surface area contributed by atoms with E-state index < -0.39 is 0 Å². The standard InChI is InChI=1S/C24H27ClN2O3S2/c1-16-7-12-20(29-2)22-23(16)32-24(26-22)27(15-18-5-3-13-30-18)21(28)6-4-14-31-19-10-8-17(25)9-11-19/h7-12,18H,3-6,13-15H2,1-2H3. The first-order chi connectivity index (χ1) is 15.5. The van der Waals surface area contributed by atoms with Gasteiger partial charge in [0, 0.05) is 22.9 Å². The molecule has 5 nitrogen and oxygen atoms in total. The molecular formula is C24H27ClN2O3S2. The fourth-order valence-electron chi connectivity index (χ4n) is 3.74. The van der Waals surface area contributed by atoms with E-state index in [1.165, 1.54) is 0 Å².